The van der Waals surface area contributed by atoms with Crippen LogP contribution >= 0.6 is 37.2 Å². The lowest BCUT2D eigenvalue weighted by molar-refractivity contribution is -0.294. The monoisotopic (exact) mass is 448 g/mol. The number of methoxy groups -OCH3 is 1. The van der Waals surface area contributed by atoms with Crippen LogP contribution in [0.15, 0.2) is 0 Å². The number of rotatable bonds is 2. The summed E-state index contributed by atoms with van der Waals surface area (Å²) in [6.45, 7) is -0.440. The van der Waals surface area contributed by atoms with Gasteiger partial charge in [-0.2, -0.15) is 0 Å². The van der Waals surface area contributed by atoms with Gasteiger partial charge in [0.05, 0.1) is 6.61 Å². The van der Waals surface area contributed by atoms with E-state index < -0.39 is 37.3 Å². The zero-order valence-electron chi connectivity index (χ0n) is 7.96. The zero-order valence-corrected chi connectivity index (χ0v) is 12.3. The number of halogens is 2. The van der Waals surface area contributed by atoms with E-state index in [1.54, 1.807) is 0 Å². The van der Waals surface area contributed by atoms with Crippen LogP contribution in [0.2, 0.25) is 0 Å². The first-order valence-electron chi connectivity index (χ1n) is 4.09. The van der Waals surface area contributed by atoms with Gasteiger partial charge in [0.25, 0.3) is 0 Å². The molecule has 0 spiro atoms. The molecular weight excluding hydrogens is 434 g/mol. The Morgan fingerprint density at radius 2 is 1.67 bits per heavy atom. The standard InChI is InChI=1S/C7H14O6.I2/c1-12-7-6(11)5(10)4(9)3(2-8)13-7;1-2/h3-11H,2H2,1H3;. The fraction of sp³-hybridized carbons (Fsp3) is 1.00. The van der Waals surface area contributed by atoms with E-state index in [0.717, 1.165) is 0 Å². The van der Waals surface area contributed by atoms with Gasteiger partial charge in [0, 0.05) is 44.3 Å². The van der Waals surface area contributed by atoms with E-state index in [4.69, 9.17) is 14.6 Å². The van der Waals surface area contributed by atoms with Crippen molar-refractivity contribution in [3.8, 4) is 0 Å². The molecule has 92 valence electrons. The van der Waals surface area contributed by atoms with Gasteiger partial charge >= 0.3 is 0 Å². The quantitative estimate of drug-likeness (QED) is 0.414. The topological polar surface area (TPSA) is 99.4 Å². The van der Waals surface area contributed by atoms with Crippen LogP contribution < -0.4 is 0 Å². The lowest BCUT2D eigenvalue weighted by atomic mass is 9.99. The summed E-state index contributed by atoms with van der Waals surface area (Å²) < 4.78 is 9.65. The Balaban J connectivity index is 0.000000921. The second-order valence-corrected chi connectivity index (χ2v) is 2.93. The highest BCUT2D eigenvalue weighted by Gasteiger charge is 2.43. The van der Waals surface area contributed by atoms with Crippen molar-refractivity contribution in [2.75, 3.05) is 13.7 Å². The number of hydrogen-bond donors (Lipinski definition) is 4. The van der Waals surface area contributed by atoms with E-state index in [9.17, 15) is 15.3 Å². The Morgan fingerprint density at radius 1 is 1.13 bits per heavy atom. The summed E-state index contributed by atoms with van der Waals surface area (Å²) in [4.78, 5) is 0. The van der Waals surface area contributed by atoms with Crippen LogP contribution in [0.1, 0.15) is 0 Å². The molecule has 1 heterocycles. The molecule has 0 aromatic rings. The van der Waals surface area contributed by atoms with E-state index in [1.807, 2.05) is 0 Å². The first-order chi connectivity index (χ1) is 7.11. The summed E-state index contributed by atoms with van der Waals surface area (Å²) in [6.07, 6.45) is -5.91. The Kier molecular flexibility index (Phi) is 9.01. The normalized spacial score (nSPS) is 40.6. The lowest BCUT2D eigenvalue weighted by Gasteiger charge is -2.38. The molecule has 5 unspecified atom stereocenters. The molecule has 0 bridgehead atoms. The summed E-state index contributed by atoms with van der Waals surface area (Å²) in [5.41, 5.74) is 0. The molecular formula is C7H14I2O6. The fourth-order valence-electron chi connectivity index (χ4n) is 1.26. The average Bonchev–Trinajstić information content (AvgIpc) is 2.29. The van der Waals surface area contributed by atoms with Gasteiger partial charge in [-0.1, -0.05) is 0 Å². The van der Waals surface area contributed by atoms with Crippen molar-refractivity contribution < 1.29 is 29.9 Å². The molecule has 0 radical (unpaired) electrons. The largest absolute Gasteiger partial charge is 0.394 e. The number of aliphatic hydroxyl groups excluding tert-OH is 4. The maximum atomic E-state index is 9.28. The number of aliphatic hydroxyl groups is 4. The van der Waals surface area contributed by atoms with E-state index in [0.29, 0.717) is 0 Å². The van der Waals surface area contributed by atoms with Gasteiger partial charge in [0.1, 0.15) is 24.4 Å². The molecule has 0 saturated carbocycles. The van der Waals surface area contributed by atoms with Crippen molar-refractivity contribution in [1.82, 2.24) is 0 Å². The maximum absolute atomic E-state index is 9.28. The predicted octanol–water partition coefficient (Wildman–Crippen LogP) is -0.796. The molecule has 5 atom stereocenters. The second-order valence-electron chi connectivity index (χ2n) is 2.93. The van der Waals surface area contributed by atoms with Gasteiger partial charge in [-0.15, -0.1) is 0 Å². The molecule has 0 aromatic heterocycles. The van der Waals surface area contributed by atoms with Crippen LogP contribution in [0, 0.1) is 0 Å². The molecule has 1 rings (SSSR count). The van der Waals surface area contributed by atoms with E-state index in [-0.39, 0.29) is 0 Å². The van der Waals surface area contributed by atoms with Crippen molar-refractivity contribution in [2.45, 2.75) is 30.7 Å². The summed E-state index contributed by atoms with van der Waals surface area (Å²) >= 11 is 4.24. The van der Waals surface area contributed by atoms with Gasteiger partial charge in [-0.25, -0.2) is 0 Å². The Hall–Kier alpha value is 1.22. The third-order valence-corrected chi connectivity index (χ3v) is 2.08. The van der Waals surface area contributed by atoms with Gasteiger partial charge in [-0.3, -0.25) is 0 Å². The van der Waals surface area contributed by atoms with Crippen LogP contribution in [-0.2, 0) is 9.47 Å². The Morgan fingerprint density at radius 3 is 2.07 bits per heavy atom. The van der Waals surface area contributed by atoms with Crippen LogP contribution in [0.4, 0.5) is 0 Å². The van der Waals surface area contributed by atoms with Crippen LogP contribution in [0.5, 0.6) is 0 Å². The van der Waals surface area contributed by atoms with Crippen molar-refractivity contribution in [3.05, 3.63) is 0 Å². The van der Waals surface area contributed by atoms with E-state index in [2.05, 4.69) is 37.2 Å². The van der Waals surface area contributed by atoms with Crippen LogP contribution in [0.3, 0.4) is 0 Å². The highest BCUT2D eigenvalue weighted by molar-refractivity contribution is 15.0. The van der Waals surface area contributed by atoms with Gasteiger partial charge in [-0.05, 0) is 0 Å². The highest BCUT2D eigenvalue weighted by Crippen LogP contribution is 2.20. The minimum absolute atomic E-state index is 0.440. The number of hydrogen-bond acceptors (Lipinski definition) is 6. The molecule has 1 aliphatic heterocycles. The Bertz CT molecular complexity index is 152. The second kappa shape index (κ2) is 8.33. The third kappa shape index (κ3) is 4.18. The Labute approximate surface area is 111 Å². The molecule has 1 fully saturated rings. The van der Waals surface area contributed by atoms with Crippen molar-refractivity contribution in [2.24, 2.45) is 0 Å². The van der Waals surface area contributed by atoms with Gasteiger partial charge in [0.15, 0.2) is 6.29 Å². The van der Waals surface area contributed by atoms with E-state index >= 15 is 0 Å². The molecule has 6 nitrogen and oxygen atoms in total. The lowest BCUT2D eigenvalue weighted by Crippen LogP contribution is -2.58. The highest BCUT2D eigenvalue weighted by atomic mass is 128. The van der Waals surface area contributed by atoms with Gasteiger partial charge < -0.3 is 29.9 Å². The SMILES string of the molecule is COC1OC(CO)C(O)C(O)C1O.II. The molecule has 8 heteroatoms. The first kappa shape index (κ1) is 16.2. The molecule has 0 aromatic carbocycles. The summed E-state index contributed by atoms with van der Waals surface area (Å²) in [5, 5.41) is 36.6. The number of ether oxygens (including phenoxy) is 2. The predicted molar refractivity (Wildman–Crippen MR) is 68.8 cm³/mol. The first-order valence-corrected chi connectivity index (χ1v) is 10.4. The zero-order chi connectivity index (χ0) is 12.0. The smallest absolute Gasteiger partial charge is 0.186 e. The maximum Gasteiger partial charge on any atom is 0.186 e. The summed E-state index contributed by atoms with van der Waals surface area (Å²) in [6, 6.07) is 0. The van der Waals surface area contributed by atoms with E-state index in [1.165, 1.54) is 7.11 Å². The molecule has 4 N–H and O–H groups in total. The molecule has 15 heavy (non-hydrogen) atoms. The molecule has 0 aliphatic carbocycles. The summed E-state index contributed by atoms with van der Waals surface area (Å²) in [7, 11) is 1.30. The van der Waals surface area contributed by atoms with Gasteiger partial charge in [0.2, 0.25) is 0 Å². The fourth-order valence-corrected chi connectivity index (χ4v) is 1.26. The third-order valence-electron chi connectivity index (χ3n) is 2.08. The van der Waals surface area contributed by atoms with Crippen molar-refractivity contribution in [1.29, 1.82) is 0 Å². The van der Waals surface area contributed by atoms with Crippen molar-refractivity contribution in [3.63, 3.8) is 0 Å². The van der Waals surface area contributed by atoms with Crippen molar-refractivity contribution >= 4 is 37.2 Å². The summed E-state index contributed by atoms with van der Waals surface area (Å²) in [5.74, 6) is 0. The molecule has 0 amide bonds. The molecule has 1 aliphatic rings. The minimum Gasteiger partial charge on any atom is -0.394 e. The van der Waals surface area contributed by atoms with Crippen LogP contribution in [0.25, 0.3) is 0 Å². The average molecular weight is 448 g/mol. The minimum atomic E-state index is -1.36. The molecule has 1 saturated heterocycles. The van der Waals surface area contributed by atoms with Crippen LogP contribution in [-0.4, -0.2) is 64.8 Å².